The van der Waals surface area contributed by atoms with E-state index in [1.165, 1.54) is 32.1 Å². The molecule has 1 fully saturated rings. The zero-order valence-corrected chi connectivity index (χ0v) is 7.55. The summed E-state index contributed by atoms with van der Waals surface area (Å²) in [6.07, 6.45) is 8.08. The molecule has 1 saturated carbocycles. The lowest BCUT2D eigenvalue weighted by atomic mass is 9.80. The highest BCUT2D eigenvalue weighted by molar-refractivity contribution is 4.70. The zero-order valence-electron chi connectivity index (χ0n) is 7.55. The number of aliphatic hydroxyl groups excluding tert-OH is 1. The fourth-order valence-electron chi connectivity index (χ4n) is 2.14. The molecule has 0 aromatic rings. The fraction of sp³-hybridized carbons (Fsp3) is 1.00. The van der Waals surface area contributed by atoms with Gasteiger partial charge in [-0.25, -0.2) is 0 Å². The number of aliphatic hydroxyl groups is 1. The first-order valence-corrected chi connectivity index (χ1v) is 4.95. The molecule has 0 radical (unpaired) electrons. The van der Waals surface area contributed by atoms with E-state index >= 15 is 0 Å². The minimum Gasteiger partial charge on any atom is -0.396 e. The first-order valence-electron chi connectivity index (χ1n) is 4.95. The Morgan fingerprint density at radius 3 is 2.45 bits per heavy atom. The Bertz CT molecular complexity index is 95.0. The van der Waals surface area contributed by atoms with Gasteiger partial charge in [0, 0.05) is 6.61 Å². The summed E-state index contributed by atoms with van der Waals surface area (Å²) < 4.78 is 0. The number of hydrogen-bond acceptors (Lipinski definition) is 1. The van der Waals surface area contributed by atoms with Crippen LogP contribution in [0.2, 0.25) is 0 Å². The highest BCUT2D eigenvalue weighted by Crippen LogP contribution is 2.30. The normalized spacial score (nSPS) is 23.5. The van der Waals surface area contributed by atoms with Gasteiger partial charge in [0.15, 0.2) is 0 Å². The van der Waals surface area contributed by atoms with Gasteiger partial charge in [-0.3, -0.25) is 0 Å². The van der Waals surface area contributed by atoms with Crippen LogP contribution in [0.25, 0.3) is 0 Å². The SMILES string of the molecule is C[C@H](CCO)C1CCCCC1. The highest BCUT2D eigenvalue weighted by Gasteiger charge is 2.18. The van der Waals surface area contributed by atoms with Gasteiger partial charge in [-0.05, 0) is 18.3 Å². The molecule has 11 heavy (non-hydrogen) atoms. The van der Waals surface area contributed by atoms with Gasteiger partial charge in [0.1, 0.15) is 0 Å². The molecule has 0 aliphatic heterocycles. The summed E-state index contributed by atoms with van der Waals surface area (Å²) in [5, 5.41) is 8.77. The molecule has 0 unspecified atom stereocenters. The lowest BCUT2D eigenvalue weighted by Crippen LogP contribution is -2.16. The van der Waals surface area contributed by atoms with Crippen LogP contribution in [0, 0.1) is 11.8 Å². The van der Waals surface area contributed by atoms with E-state index in [2.05, 4.69) is 6.92 Å². The van der Waals surface area contributed by atoms with Crippen LogP contribution >= 0.6 is 0 Å². The average molecular weight is 156 g/mol. The molecule has 0 amide bonds. The van der Waals surface area contributed by atoms with E-state index in [0.29, 0.717) is 6.61 Å². The summed E-state index contributed by atoms with van der Waals surface area (Å²) in [6, 6.07) is 0. The molecule has 1 N–H and O–H groups in total. The smallest absolute Gasteiger partial charge is 0.0433 e. The molecule has 0 bridgehead atoms. The van der Waals surface area contributed by atoms with E-state index in [0.717, 1.165) is 18.3 Å². The summed E-state index contributed by atoms with van der Waals surface area (Å²) in [4.78, 5) is 0. The molecule has 1 aliphatic carbocycles. The molecule has 1 rings (SSSR count). The first kappa shape index (κ1) is 9.05. The highest BCUT2D eigenvalue weighted by atomic mass is 16.3. The van der Waals surface area contributed by atoms with E-state index in [-0.39, 0.29) is 0 Å². The Balaban J connectivity index is 2.21. The maximum Gasteiger partial charge on any atom is 0.0433 e. The van der Waals surface area contributed by atoms with Crippen LogP contribution in [-0.2, 0) is 0 Å². The van der Waals surface area contributed by atoms with Crippen LogP contribution in [0.1, 0.15) is 45.4 Å². The summed E-state index contributed by atoms with van der Waals surface area (Å²) in [5.41, 5.74) is 0. The largest absolute Gasteiger partial charge is 0.396 e. The quantitative estimate of drug-likeness (QED) is 0.666. The predicted molar refractivity (Wildman–Crippen MR) is 47.4 cm³/mol. The van der Waals surface area contributed by atoms with E-state index in [1.54, 1.807) is 0 Å². The Morgan fingerprint density at radius 1 is 1.27 bits per heavy atom. The Hall–Kier alpha value is -0.0400. The van der Waals surface area contributed by atoms with Crippen molar-refractivity contribution in [1.82, 2.24) is 0 Å². The Labute approximate surface area is 69.8 Å². The minimum absolute atomic E-state index is 0.373. The third-order valence-corrected chi connectivity index (χ3v) is 3.04. The molecule has 0 aromatic carbocycles. The lowest BCUT2D eigenvalue weighted by Gasteiger charge is -2.26. The van der Waals surface area contributed by atoms with Gasteiger partial charge in [-0.1, -0.05) is 39.0 Å². The van der Waals surface area contributed by atoms with Gasteiger partial charge in [-0.15, -0.1) is 0 Å². The molecule has 1 nitrogen and oxygen atoms in total. The molecular weight excluding hydrogens is 136 g/mol. The van der Waals surface area contributed by atoms with Crippen LogP contribution in [0.5, 0.6) is 0 Å². The third kappa shape index (κ3) is 2.82. The summed E-state index contributed by atoms with van der Waals surface area (Å²) in [5.74, 6) is 1.66. The molecule has 1 aliphatic rings. The topological polar surface area (TPSA) is 20.2 Å². The number of rotatable bonds is 3. The molecule has 0 heterocycles. The van der Waals surface area contributed by atoms with Crippen LogP contribution in [0.3, 0.4) is 0 Å². The molecule has 1 atom stereocenters. The molecule has 66 valence electrons. The maximum atomic E-state index is 8.77. The summed E-state index contributed by atoms with van der Waals surface area (Å²) >= 11 is 0. The van der Waals surface area contributed by atoms with Crippen molar-refractivity contribution >= 4 is 0 Å². The average Bonchev–Trinajstić information content (AvgIpc) is 2.07. The van der Waals surface area contributed by atoms with Crippen molar-refractivity contribution in [1.29, 1.82) is 0 Å². The summed E-state index contributed by atoms with van der Waals surface area (Å²) in [6.45, 7) is 2.66. The lowest BCUT2D eigenvalue weighted by molar-refractivity contribution is 0.199. The van der Waals surface area contributed by atoms with Gasteiger partial charge >= 0.3 is 0 Å². The van der Waals surface area contributed by atoms with Gasteiger partial charge in [0.2, 0.25) is 0 Å². The van der Waals surface area contributed by atoms with Crippen LogP contribution in [0.4, 0.5) is 0 Å². The second-order valence-corrected chi connectivity index (χ2v) is 3.89. The van der Waals surface area contributed by atoms with Crippen molar-refractivity contribution in [3.8, 4) is 0 Å². The van der Waals surface area contributed by atoms with Crippen molar-refractivity contribution in [3.05, 3.63) is 0 Å². The Morgan fingerprint density at radius 2 is 1.91 bits per heavy atom. The van der Waals surface area contributed by atoms with E-state index in [1.807, 2.05) is 0 Å². The van der Waals surface area contributed by atoms with Gasteiger partial charge < -0.3 is 5.11 Å². The Kier molecular flexibility index (Phi) is 3.92. The van der Waals surface area contributed by atoms with E-state index in [9.17, 15) is 0 Å². The molecule has 0 saturated heterocycles. The van der Waals surface area contributed by atoms with Crippen molar-refractivity contribution < 1.29 is 5.11 Å². The molecule has 1 heteroatoms. The molecule has 0 aromatic heterocycles. The van der Waals surface area contributed by atoms with Crippen LogP contribution in [-0.4, -0.2) is 11.7 Å². The first-order chi connectivity index (χ1) is 5.34. The second kappa shape index (κ2) is 4.76. The van der Waals surface area contributed by atoms with Crippen molar-refractivity contribution in [3.63, 3.8) is 0 Å². The molecule has 0 spiro atoms. The van der Waals surface area contributed by atoms with Gasteiger partial charge in [0.05, 0.1) is 0 Å². The van der Waals surface area contributed by atoms with Crippen molar-refractivity contribution in [2.75, 3.05) is 6.61 Å². The van der Waals surface area contributed by atoms with Crippen molar-refractivity contribution in [2.24, 2.45) is 11.8 Å². The zero-order chi connectivity index (χ0) is 8.10. The summed E-state index contributed by atoms with van der Waals surface area (Å²) in [7, 11) is 0. The van der Waals surface area contributed by atoms with E-state index < -0.39 is 0 Å². The standard InChI is InChI=1S/C10H20O/c1-9(7-8-11)10-5-3-2-4-6-10/h9-11H,2-8H2,1H3/t9-/m1/s1. The van der Waals surface area contributed by atoms with Gasteiger partial charge in [-0.2, -0.15) is 0 Å². The van der Waals surface area contributed by atoms with Crippen LogP contribution < -0.4 is 0 Å². The van der Waals surface area contributed by atoms with Gasteiger partial charge in [0.25, 0.3) is 0 Å². The van der Waals surface area contributed by atoms with Crippen molar-refractivity contribution in [2.45, 2.75) is 45.4 Å². The molecular formula is C10H20O. The van der Waals surface area contributed by atoms with Crippen LogP contribution in [0.15, 0.2) is 0 Å². The maximum absolute atomic E-state index is 8.77. The predicted octanol–water partition coefficient (Wildman–Crippen LogP) is 2.59. The number of hydrogen-bond donors (Lipinski definition) is 1. The fourth-order valence-corrected chi connectivity index (χ4v) is 2.14. The second-order valence-electron chi connectivity index (χ2n) is 3.89. The monoisotopic (exact) mass is 156 g/mol. The van der Waals surface area contributed by atoms with E-state index in [4.69, 9.17) is 5.11 Å². The minimum atomic E-state index is 0.373. The third-order valence-electron chi connectivity index (χ3n) is 3.04.